The van der Waals surface area contributed by atoms with Crippen LogP contribution in [-0.2, 0) is 13.2 Å². The quantitative estimate of drug-likeness (QED) is 0.550. The predicted octanol–water partition coefficient (Wildman–Crippen LogP) is 3.97. The Balaban J connectivity index is 1.62. The summed E-state index contributed by atoms with van der Waals surface area (Å²) in [6, 6.07) is 11.4. The highest BCUT2D eigenvalue weighted by atomic mass is 35.5. The van der Waals surface area contributed by atoms with Crippen LogP contribution in [-0.4, -0.2) is 50.8 Å². The van der Waals surface area contributed by atoms with Gasteiger partial charge in [-0.15, -0.1) is 0 Å². The van der Waals surface area contributed by atoms with E-state index in [1.54, 1.807) is 6.07 Å². The molecule has 158 valence electrons. The molecule has 1 saturated heterocycles. The molecule has 0 aromatic heterocycles. The summed E-state index contributed by atoms with van der Waals surface area (Å²) in [4.78, 5) is 2.47. The molecule has 3 rings (SSSR count). The van der Waals surface area contributed by atoms with Crippen molar-refractivity contribution < 1.29 is 9.47 Å². The van der Waals surface area contributed by atoms with Gasteiger partial charge in [-0.05, 0) is 25.1 Å². The molecule has 1 aliphatic heterocycles. The minimum absolute atomic E-state index is 0.355. The highest BCUT2D eigenvalue weighted by Crippen LogP contribution is 2.33. The summed E-state index contributed by atoms with van der Waals surface area (Å²) in [5.41, 5.74) is 1.96. The first-order valence-electron chi connectivity index (χ1n) is 10.1. The standard InChI is InChI=1S/C22H29Cl2N3O2/c1-2-28-21-5-3-4-17(15-26-10-13-27-11-8-25-9-12-27)22(21)29-16-18-6-7-19(23)14-20(18)24/h3-7,14,25-26H,2,8-13,15-16H2,1H3. The lowest BCUT2D eigenvalue weighted by atomic mass is 10.1. The zero-order valence-electron chi connectivity index (χ0n) is 16.8. The molecule has 0 atom stereocenters. The Morgan fingerprint density at radius 1 is 1.07 bits per heavy atom. The Kier molecular flexibility index (Phi) is 8.90. The average molecular weight is 438 g/mol. The second-order valence-electron chi connectivity index (χ2n) is 6.97. The Morgan fingerprint density at radius 2 is 1.90 bits per heavy atom. The van der Waals surface area contributed by atoms with Crippen LogP contribution < -0.4 is 20.1 Å². The number of rotatable bonds is 10. The summed E-state index contributed by atoms with van der Waals surface area (Å²) < 4.78 is 12.0. The fourth-order valence-corrected chi connectivity index (χ4v) is 3.78. The van der Waals surface area contributed by atoms with Crippen molar-refractivity contribution in [3.05, 3.63) is 57.6 Å². The number of ether oxygens (including phenoxy) is 2. The van der Waals surface area contributed by atoms with Gasteiger partial charge in [0.1, 0.15) is 6.61 Å². The Hall–Kier alpha value is -1.50. The molecule has 5 nitrogen and oxygen atoms in total. The molecule has 0 radical (unpaired) electrons. The van der Waals surface area contributed by atoms with E-state index in [-0.39, 0.29) is 0 Å². The van der Waals surface area contributed by atoms with E-state index in [0.717, 1.165) is 68.4 Å². The number of piperazine rings is 1. The van der Waals surface area contributed by atoms with Crippen LogP contribution in [0.2, 0.25) is 10.0 Å². The van der Waals surface area contributed by atoms with Gasteiger partial charge in [-0.25, -0.2) is 0 Å². The lowest BCUT2D eigenvalue weighted by Crippen LogP contribution is -2.45. The molecule has 2 aromatic rings. The maximum absolute atomic E-state index is 6.30. The molecule has 1 aliphatic rings. The van der Waals surface area contributed by atoms with Crippen molar-refractivity contribution >= 4 is 23.2 Å². The summed E-state index contributed by atoms with van der Waals surface area (Å²) in [6.45, 7) is 9.96. The zero-order chi connectivity index (χ0) is 20.5. The van der Waals surface area contributed by atoms with Crippen molar-refractivity contribution in [2.24, 2.45) is 0 Å². The second kappa shape index (κ2) is 11.6. The Morgan fingerprint density at radius 3 is 2.66 bits per heavy atom. The molecule has 0 aliphatic carbocycles. The van der Waals surface area contributed by atoms with Crippen molar-refractivity contribution in [2.75, 3.05) is 45.9 Å². The third-order valence-corrected chi connectivity index (χ3v) is 5.46. The highest BCUT2D eigenvalue weighted by molar-refractivity contribution is 6.35. The van der Waals surface area contributed by atoms with E-state index in [4.69, 9.17) is 32.7 Å². The largest absolute Gasteiger partial charge is 0.490 e. The molecular formula is C22H29Cl2N3O2. The Labute approximate surface area is 183 Å². The normalized spacial score (nSPS) is 14.7. The first-order valence-corrected chi connectivity index (χ1v) is 10.9. The number of halogens is 2. The first-order chi connectivity index (χ1) is 14.2. The van der Waals surface area contributed by atoms with Crippen molar-refractivity contribution in [3.63, 3.8) is 0 Å². The number of benzene rings is 2. The predicted molar refractivity (Wildman–Crippen MR) is 119 cm³/mol. The van der Waals surface area contributed by atoms with Crippen molar-refractivity contribution in [3.8, 4) is 11.5 Å². The van der Waals surface area contributed by atoms with Crippen LogP contribution in [0.5, 0.6) is 11.5 Å². The summed E-state index contributed by atoms with van der Waals surface area (Å²) in [6.07, 6.45) is 0. The number of nitrogens with zero attached hydrogens (tertiary/aromatic N) is 1. The van der Waals surface area contributed by atoms with Gasteiger partial charge >= 0.3 is 0 Å². The van der Waals surface area contributed by atoms with E-state index in [1.807, 2.05) is 31.2 Å². The summed E-state index contributed by atoms with van der Waals surface area (Å²) in [7, 11) is 0. The average Bonchev–Trinajstić information content (AvgIpc) is 2.73. The topological polar surface area (TPSA) is 45.8 Å². The molecule has 1 fully saturated rings. The second-order valence-corrected chi connectivity index (χ2v) is 7.81. The molecule has 0 unspecified atom stereocenters. The summed E-state index contributed by atoms with van der Waals surface area (Å²) >= 11 is 12.3. The van der Waals surface area contributed by atoms with Crippen molar-refractivity contribution in [1.82, 2.24) is 15.5 Å². The summed E-state index contributed by atoms with van der Waals surface area (Å²) in [5, 5.41) is 8.13. The molecule has 0 spiro atoms. The van der Waals surface area contributed by atoms with Crippen molar-refractivity contribution in [1.29, 1.82) is 0 Å². The number of hydrogen-bond donors (Lipinski definition) is 2. The minimum Gasteiger partial charge on any atom is -0.490 e. The van der Waals surface area contributed by atoms with E-state index in [9.17, 15) is 0 Å². The third-order valence-electron chi connectivity index (χ3n) is 4.88. The van der Waals surface area contributed by atoms with Gasteiger partial charge in [-0.2, -0.15) is 0 Å². The van der Waals surface area contributed by atoms with Gasteiger partial charge in [0.2, 0.25) is 0 Å². The Bertz CT molecular complexity index is 783. The molecule has 1 heterocycles. The van der Waals surface area contributed by atoms with E-state index in [2.05, 4.69) is 21.6 Å². The van der Waals surface area contributed by atoms with E-state index < -0.39 is 0 Å². The third kappa shape index (κ3) is 6.76. The van der Waals surface area contributed by atoms with Gasteiger partial charge in [-0.3, -0.25) is 4.90 Å². The van der Waals surface area contributed by atoms with Crippen LogP contribution in [0.15, 0.2) is 36.4 Å². The molecule has 2 N–H and O–H groups in total. The smallest absolute Gasteiger partial charge is 0.166 e. The molecule has 29 heavy (non-hydrogen) atoms. The van der Waals surface area contributed by atoms with Gasteiger partial charge in [0.05, 0.1) is 6.61 Å². The van der Waals surface area contributed by atoms with Gasteiger partial charge in [0, 0.05) is 67.0 Å². The molecule has 0 saturated carbocycles. The van der Waals surface area contributed by atoms with Crippen LogP contribution in [0, 0.1) is 0 Å². The zero-order valence-corrected chi connectivity index (χ0v) is 18.4. The van der Waals surface area contributed by atoms with Crippen LogP contribution in [0.4, 0.5) is 0 Å². The van der Waals surface area contributed by atoms with Crippen LogP contribution in [0.25, 0.3) is 0 Å². The lowest BCUT2D eigenvalue weighted by molar-refractivity contribution is 0.240. The SMILES string of the molecule is CCOc1cccc(CNCCN2CCNCC2)c1OCc1ccc(Cl)cc1Cl. The van der Waals surface area contributed by atoms with Gasteiger partial charge in [0.25, 0.3) is 0 Å². The molecular weight excluding hydrogens is 409 g/mol. The van der Waals surface area contributed by atoms with E-state index in [0.29, 0.717) is 23.3 Å². The first kappa shape index (κ1) is 22.2. The lowest BCUT2D eigenvalue weighted by Gasteiger charge is -2.27. The molecule has 0 amide bonds. The molecule has 7 heteroatoms. The van der Waals surface area contributed by atoms with E-state index in [1.165, 1.54) is 0 Å². The number of para-hydroxylation sites is 1. The fourth-order valence-electron chi connectivity index (χ4n) is 3.32. The van der Waals surface area contributed by atoms with E-state index >= 15 is 0 Å². The van der Waals surface area contributed by atoms with Crippen LogP contribution in [0.1, 0.15) is 18.1 Å². The number of nitrogens with one attached hydrogen (secondary N) is 2. The maximum atomic E-state index is 6.30. The van der Waals surface area contributed by atoms with Gasteiger partial charge < -0.3 is 20.1 Å². The molecule has 2 aromatic carbocycles. The fraction of sp³-hybridized carbons (Fsp3) is 0.455. The van der Waals surface area contributed by atoms with Crippen LogP contribution in [0.3, 0.4) is 0 Å². The number of hydrogen-bond acceptors (Lipinski definition) is 5. The maximum Gasteiger partial charge on any atom is 0.166 e. The molecule has 0 bridgehead atoms. The van der Waals surface area contributed by atoms with Gasteiger partial charge in [-0.1, -0.05) is 41.4 Å². The minimum atomic E-state index is 0.355. The van der Waals surface area contributed by atoms with Crippen LogP contribution >= 0.6 is 23.2 Å². The highest BCUT2D eigenvalue weighted by Gasteiger charge is 2.13. The van der Waals surface area contributed by atoms with Gasteiger partial charge in [0.15, 0.2) is 11.5 Å². The van der Waals surface area contributed by atoms with Crippen molar-refractivity contribution in [2.45, 2.75) is 20.1 Å². The summed E-state index contributed by atoms with van der Waals surface area (Å²) in [5.74, 6) is 1.51. The monoisotopic (exact) mass is 437 g/mol.